The zero-order valence-corrected chi connectivity index (χ0v) is 7.38. The van der Waals surface area contributed by atoms with Crippen LogP contribution in [0.1, 0.15) is 37.7 Å². The molecule has 0 bridgehead atoms. The second kappa shape index (κ2) is 3.21. The van der Waals surface area contributed by atoms with E-state index < -0.39 is 6.55 Å². The Bertz CT molecular complexity index is 241. The lowest BCUT2D eigenvalue weighted by molar-refractivity contribution is 0.0524. The smallest absolute Gasteiger partial charge is 0.208 e. The summed E-state index contributed by atoms with van der Waals surface area (Å²) in [5.74, 6) is 0.0835. The Kier molecular flexibility index (Phi) is 2.45. The van der Waals surface area contributed by atoms with Crippen molar-refractivity contribution in [2.24, 2.45) is 0 Å². The monoisotopic (exact) mass is 174 g/mol. The maximum Gasteiger partial charge on any atom is 0.333 e. The summed E-state index contributed by atoms with van der Waals surface area (Å²) in [6.07, 6.45) is 0. The number of alkyl halides is 2. The molecule has 0 aliphatic carbocycles. The Morgan fingerprint density at radius 3 is 2.33 bits per heavy atom. The van der Waals surface area contributed by atoms with Crippen LogP contribution in [-0.4, -0.2) is 9.78 Å². The lowest BCUT2D eigenvalue weighted by Gasteiger charge is -2.07. The van der Waals surface area contributed by atoms with E-state index in [1.807, 2.05) is 13.8 Å². The number of aromatic nitrogens is 2. The van der Waals surface area contributed by atoms with Gasteiger partial charge in [0, 0.05) is 5.69 Å². The molecule has 0 saturated heterocycles. The standard InChI is InChI=1S/C8H12F2N2/c1-5(2)7-4-6(3)11-12(7)8(9)10/h4-5,8H,1-3H3. The SMILES string of the molecule is Cc1cc(C(C)C)n(C(F)F)n1. The van der Waals surface area contributed by atoms with Crippen molar-refractivity contribution in [3.05, 3.63) is 17.5 Å². The quantitative estimate of drug-likeness (QED) is 0.674. The Labute approximate surface area is 70.2 Å². The van der Waals surface area contributed by atoms with Crippen molar-refractivity contribution in [3.63, 3.8) is 0 Å². The van der Waals surface area contributed by atoms with Gasteiger partial charge >= 0.3 is 6.55 Å². The maximum atomic E-state index is 12.3. The number of nitrogens with zero attached hydrogens (tertiary/aromatic N) is 2. The van der Waals surface area contributed by atoms with Crippen molar-refractivity contribution in [3.8, 4) is 0 Å². The molecule has 0 aliphatic rings. The van der Waals surface area contributed by atoms with Crippen molar-refractivity contribution in [2.45, 2.75) is 33.2 Å². The minimum absolute atomic E-state index is 0.0835. The van der Waals surface area contributed by atoms with Crippen LogP contribution in [0.25, 0.3) is 0 Å². The summed E-state index contributed by atoms with van der Waals surface area (Å²) in [4.78, 5) is 0. The van der Waals surface area contributed by atoms with Gasteiger partial charge in [0.2, 0.25) is 0 Å². The van der Waals surface area contributed by atoms with E-state index in [0.29, 0.717) is 11.4 Å². The average molecular weight is 174 g/mol. The number of halogens is 2. The van der Waals surface area contributed by atoms with Gasteiger partial charge in [-0.15, -0.1) is 0 Å². The average Bonchev–Trinajstić information content (AvgIpc) is 2.31. The number of hydrogen-bond acceptors (Lipinski definition) is 1. The summed E-state index contributed by atoms with van der Waals surface area (Å²) in [5, 5.41) is 3.70. The zero-order chi connectivity index (χ0) is 9.30. The molecule has 0 fully saturated rings. The third-order valence-corrected chi connectivity index (χ3v) is 1.66. The van der Waals surface area contributed by atoms with Crippen LogP contribution >= 0.6 is 0 Å². The van der Waals surface area contributed by atoms with Crippen LogP contribution in [0.5, 0.6) is 0 Å². The van der Waals surface area contributed by atoms with Crippen LogP contribution in [-0.2, 0) is 0 Å². The molecule has 0 atom stereocenters. The van der Waals surface area contributed by atoms with Gasteiger partial charge in [-0.05, 0) is 18.9 Å². The molecule has 68 valence electrons. The molecule has 0 N–H and O–H groups in total. The second-order valence-electron chi connectivity index (χ2n) is 3.09. The molecule has 0 spiro atoms. The van der Waals surface area contributed by atoms with Gasteiger partial charge in [0.25, 0.3) is 0 Å². The molecule has 12 heavy (non-hydrogen) atoms. The molecule has 0 radical (unpaired) electrons. The van der Waals surface area contributed by atoms with Crippen LogP contribution in [0.15, 0.2) is 6.07 Å². The first-order valence-corrected chi connectivity index (χ1v) is 3.86. The molecular formula is C8H12F2N2. The first-order chi connectivity index (χ1) is 5.52. The largest absolute Gasteiger partial charge is 0.333 e. The van der Waals surface area contributed by atoms with Crippen LogP contribution in [0.4, 0.5) is 8.78 Å². The molecular weight excluding hydrogens is 162 g/mol. The molecule has 0 saturated carbocycles. The minimum atomic E-state index is -2.53. The van der Waals surface area contributed by atoms with Gasteiger partial charge in [0.05, 0.1) is 5.69 Å². The molecule has 1 rings (SSSR count). The Balaban J connectivity index is 3.08. The Morgan fingerprint density at radius 2 is 2.00 bits per heavy atom. The van der Waals surface area contributed by atoms with Crippen molar-refractivity contribution in [1.29, 1.82) is 0 Å². The molecule has 4 heteroatoms. The van der Waals surface area contributed by atoms with Crippen molar-refractivity contribution in [1.82, 2.24) is 9.78 Å². The van der Waals surface area contributed by atoms with Gasteiger partial charge in [-0.25, -0.2) is 4.68 Å². The lowest BCUT2D eigenvalue weighted by Crippen LogP contribution is -2.06. The highest BCUT2D eigenvalue weighted by atomic mass is 19.3. The van der Waals surface area contributed by atoms with E-state index in [0.717, 1.165) is 4.68 Å². The predicted molar refractivity (Wildman–Crippen MR) is 42.3 cm³/mol. The first kappa shape index (κ1) is 9.16. The first-order valence-electron chi connectivity index (χ1n) is 3.86. The second-order valence-corrected chi connectivity index (χ2v) is 3.09. The third kappa shape index (κ3) is 1.62. The van der Waals surface area contributed by atoms with Gasteiger partial charge in [-0.1, -0.05) is 13.8 Å². The summed E-state index contributed by atoms with van der Waals surface area (Å²) in [7, 11) is 0. The normalized spacial score (nSPS) is 11.6. The lowest BCUT2D eigenvalue weighted by atomic mass is 10.1. The Morgan fingerprint density at radius 1 is 1.42 bits per heavy atom. The minimum Gasteiger partial charge on any atom is -0.208 e. The highest BCUT2D eigenvalue weighted by molar-refractivity contribution is 5.12. The number of aryl methyl sites for hydroxylation is 1. The fourth-order valence-corrected chi connectivity index (χ4v) is 1.12. The predicted octanol–water partition coefficient (Wildman–Crippen LogP) is 2.71. The summed E-state index contributed by atoms with van der Waals surface area (Å²) < 4.78 is 25.4. The van der Waals surface area contributed by atoms with Crippen LogP contribution in [0, 0.1) is 6.92 Å². The zero-order valence-electron chi connectivity index (χ0n) is 7.38. The van der Waals surface area contributed by atoms with Gasteiger partial charge in [0.15, 0.2) is 0 Å². The van der Waals surface area contributed by atoms with E-state index >= 15 is 0 Å². The van der Waals surface area contributed by atoms with E-state index in [9.17, 15) is 8.78 Å². The van der Waals surface area contributed by atoms with E-state index in [1.54, 1.807) is 13.0 Å². The van der Waals surface area contributed by atoms with E-state index in [2.05, 4.69) is 5.10 Å². The van der Waals surface area contributed by atoms with Crippen LogP contribution in [0.3, 0.4) is 0 Å². The van der Waals surface area contributed by atoms with Crippen molar-refractivity contribution >= 4 is 0 Å². The molecule has 0 aromatic carbocycles. The van der Waals surface area contributed by atoms with Crippen LogP contribution < -0.4 is 0 Å². The number of hydrogen-bond donors (Lipinski definition) is 0. The number of rotatable bonds is 2. The topological polar surface area (TPSA) is 17.8 Å². The molecule has 2 nitrogen and oxygen atoms in total. The molecule has 1 aromatic heterocycles. The summed E-state index contributed by atoms with van der Waals surface area (Å²) in [6, 6.07) is 1.69. The summed E-state index contributed by atoms with van der Waals surface area (Å²) >= 11 is 0. The molecule has 1 aromatic rings. The highest BCUT2D eigenvalue weighted by Gasteiger charge is 2.15. The molecule has 0 amide bonds. The van der Waals surface area contributed by atoms with Gasteiger partial charge in [-0.3, -0.25) is 0 Å². The van der Waals surface area contributed by atoms with Gasteiger partial charge in [-0.2, -0.15) is 13.9 Å². The van der Waals surface area contributed by atoms with Gasteiger partial charge < -0.3 is 0 Å². The molecule has 0 aliphatic heterocycles. The summed E-state index contributed by atoms with van der Waals surface area (Å²) in [5.41, 5.74) is 1.22. The van der Waals surface area contributed by atoms with E-state index in [4.69, 9.17) is 0 Å². The molecule has 0 unspecified atom stereocenters. The fraction of sp³-hybridized carbons (Fsp3) is 0.625. The van der Waals surface area contributed by atoms with Crippen LogP contribution in [0.2, 0.25) is 0 Å². The van der Waals surface area contributed by atoms with Crippen molar-refractivity contribution < 1.29 is 8.78 Å². The van der Waals surface area contributed by atoms with E-state index in [-0.39, 0.29) is 5.92 Å². The maximum absolute atomic E-state index is 12.3. The highest BCUT2D eigenvalue weighted by Crippen LogP contribution is 2.20. The van der Waals surface area contributed by atoms with Gasteiger partial charge in [0.1, 0.15) is 0 Å². The fourth-order valence-electron chi connectivity index (χ4n) is 1.12. The Hall–Kier alpha value is -0.930. The summed E-state index contributed by atoms with van der Waals surface area (Å²) in [6.45, 7) is 2.92. The third-order valence-electron chi connectivity index (χ3n) is 1.66. The van der Waals surface area contributed by atoms with E-state index in [1.165, 1.54) is 0 Å². The molecule has 1 heterocycles. The van der Waals surface area contributed by atoms with Crippen molar-refractivity contribution in [2.75, 3.05) is 0 Å².